The molecule has 2 rings (SSSR count). The van der Waals surface area contributed by atoms with Crippen LogP contribution in [0.25, 0.3) is 0 Å². The first-order valence-corrected chi connectivity index (χ1v) is 8.06. The third-order valence-corrected chi connectivity index (χ3v) is 4.95. The second kappa shape index (κ2) is 6.08. The van der Waals surface area contributed by atoms with Gasteiger partial charge in [-0.1, -0.05) is 41.1 Å². The molecule has 1 aliphatic rings. The first-order chi connectivity index (χ1) is 9.02. The van der Waals surface area contributed by atoms with E-state index >= 15 is 0 Å². The summed E-state index contributed by atoms with van der Waals surface area (Å²) in [5.74, 6) is 0.861. The maximum atomic E-state index is 12.4. The fourth-order valence-corrected chi connectivity index (χ4v) is 3.73. The highest BCUT2D eigenvalue weighted by Gasteiger charge is 2.33. The van der Waals surface area contributed by atoms with Gasteiger partial charge < -0.3 is 4.90 Å². The van der Waals surface area contributed by atoms with E-state index in [9.17, 15) is 4.79 Å². The summed E-state index contributed by atoms with van der Waals surface area (Å²) in [6.07, 6.45) is 1.65. The van der Waals surface area contributed by atoms with Crippen LogP contribution in [0.2, 0.25) is 0 Å². The van der Waals surface area contributed by atoms with Crippen LogP contribution < -0.4 is 0 Å². The number of rotatable bonds is 3. The SMILES string of the molecule is Cc1ccc(CC(=O)N2CCC(C)C2CBr)cc1C. The molecule has 0 spiro atoms. The summed E-state index contributed by atoms with van der Waals surface area (Å²) in [5.41, 5.74) is 3.67. The minimum Gasteiger partial charge on any atom is -0.338 e. The Kier molecular flexibility index (Phi) is 4.67. The molecular formula is C16H22BrNO. The third-order valence-electron chi connectivity index (χ3n) is 4.29. The summed E-state index contributed by atoms with van der Waals surface area (Å²) in [6.45, 7) is 7.34. The van der Waals surface area contributed by atoms with Crippen molar-refractivity contribution in [2.24, 2.45) is 5.92 Å². The van der Waals surface area contributed by atoms with Crippen LogP contribution >= 0.6 is 15.9 Å². The Morgan fingerprint density at radius 1 is 1.37 bits per heavy atom. The second-order valence-electron chi connectivity index (χ2n) is 5.67. The van der Waals surface area contributed by atoms with Crippen molar-refractivity contribution < 1.29 is 4.79 Å². The van der Waals surface area contributed by atoms with Crippen molar-refractivity contribution in [2.45, 2.75) is 39.7 Å². The molecule has 1 aliphatic heterocycles. The summed E-state index contributed by atoms with van der Waals surface area (Å²) < 4.78 is 0. The normalized spacial score (nSPS) is 22.8. The second-order valence-corrected chi connectivity index (χ2v) is 6.32. The van der Waals surface area contributed by atoms with Crippen molar-refractivity contribution in [2.75, 3.05) is 11.9 Å². The molecule has 0 aromatic heterocycles. The zero-order valence-corrected chi connectivity index (χ0v) is 13.5. The summed E-state index contributed by atoms with van der Waals surface area (Å²) >= 11 is 3.54. The Balaban J connectivity index is 2.06. The topological polar surface area (TPSA) is 20.3 Å². The van der Waals surface area contributed by atoms with E-state index in [1.54, 1.807) is 0 Å². The van der Waals surface area contributed by atoms with Gasteiger partial charge in [0.25, 0.3) is 0 Å². The smallest absolute Gasteiger partial charge is 0.227 e. The van der Waals surface area contributed by atoms with Gasteiger partial charge in [-0.3, -0.25) is 4.79 Å². The van der Waals surface area contributed by atoms with Crippen LogP contribution in [-0.2, 0) is 11.2 Å². The van der Waals surface area contributed by atoms with E-state index in [-0.39, 0.29) is 5.91 Å². The van der Waals surface area contributed by atoms with Gasteiger partial charge in [-0.05, 0) is 42.9 Å². The highest BCUT2D eigenvalue weighted by Crippen LogP contribution is 2.26. The van der Waals surface area contributed by atoms with E-state index in [0.29, 0.717) is 18.4 Å². The molecule has 0 aliphatic carbocycles. The number of hydrogen-bond donors (Lipinski definition) is 0. The summed E-state index contributed by atoms with van der Waals surface area (Å²) in [4.78, 5) is 14.5. The zero-order valence-electron chi connectivity index (χ0n) is 11.9. The largest absolute Gasteiger partial charge is 0.338 e. The maximum absolute atomic E-state index is 12.4. The molecule has 1 saturated heterocycles. The Labute approximate surface area is 124 Å². The third kappa shape index (κ3) is 3.19. The lowest BCUT2D eigenvalue weighted by Crippen LogP contribution is -2.39. The van der Waals surface area contributed by atoms with Crippen molar-refractivity contribution >= 4 is 21.8 Å². The number of carbonyl (C=O) groups excluding carboxylic acids is 1. The predicted molar refractivity (Wildman–Crippen MR) is 82.7 cm³/mol. The number of benzene rings is 1. The van der Waals surface area contributed by atoms with E-state index in [2.05, 4.69) is 59.8 Å². The lowest BCUT2D eigenvalue weighted by Gasteiger charge is -2.25. The van der Waals surface area contributed by atoms with Crippen molar-refractivity contribution in [1.29, 1.82) is 0 Å². The quantitative estimate of drug-likeness (QED) is 0.780. The van der Waals surface area contributed by atoms with Crippen LogP contribution in [0.3, 0.4) is 0 Å². The lowest BCUT2D eigenvalue weighted by atomic mass is 10.0. The molecule has 0 radical (unpaired) electrons. The Morgan fingerprint density at radius 3 is 2.74 bits per heavy atom. The molecule has 2 nitrogen and oxygen atoms in total. The lowest BCUT2D eigenvalue weighted by molar-refractivity contribution is -0.131. The molecule has 1 aromatic rings. The Morgan fingerprint density at radius 2 is 2.11 bits per heavy atom. The van der Waals surface area contributed by atoms with E-state index in [1.807, 2.05) is 0 Å². The molecule has 0 bridgehead atoms. The zero-order chi connectivity index (χ0) is 14.0. The maximum Gasteiger partial charge on any atom is 0.227 e. The average Bonchev–Trinajstić information content (AvgIpc) is 2.75. The van der Waals surface area contributed by atoms with Crippen LogP contribution in [0.1, 0.15) is 30.0 Å². The van der Waals surface area contributed by atoms with Gasteiger partial charge in [0.1, 0.15) is 0 Å². The molecule has 2 unspecified atom stereocenters. The minimum absolute atomic E-state index is 0.261. The molecule has 1 aromatic carbocycles. The van der Waals surface area contributed by atoms with E-state index in [1.165, 1.54) is 11.1 Å². The van der Waals surface area contributed by atoms with Crippen LogP contribution in [0.15, 0.2) is 18.2 Å². The molecule has 1 heterocycles. The first kappa shape index (κ1) is 14.6. The van der Waals surface area contributed by atoms with Crippen molar-refractivity contribution in [3.8, 4) is 0 Å². The van der Waals surface area contributed by atoms with Crippen LogP contribution in [0.5, 0.6) is 0 Å². The van der Waals surface area contributed by atoms with Gasteiger partial charge in [0.2, 0.25) is 5.91 Å². The minimum atomic E-state index is 0.261. The molecule has 1 amide bonds. The first-order valence-electron chi connectivity index (χ1n) is 6.94. The molecule has 104 valence electrons. The van der Waals surface area contributed by atoms with Gasteiger partial charge in [-0.2, -0.15) is 0 Å². The van der Waals surface area contributed by atoms with Gasteiger partial charge in [0.05, 0.1) is 6.42 Å². The number of aryl methyl sites for hydroxylation is 2. The van der Waals surface area contributed by atoms with Gasteiger partial charge in [-0.15, -0.1) is 0 Å². The highest BCUT2D eigenvalue weighted by molar-refractivity contribution is 9.09. The van der Waals surface area contributed by atoms with E-state index in [4.69, 9.17) is 0 Å². The molecule has 3 heteroatoms. The summed E-state index contributed by atoms with van der Waals surface area (Å²) in [5, 5.41) is 0.882. The summed E-state index contributed by atoms with van der Waals surface area (Å²) in [6, 6.07) is 6.67. The highest BCUT2D eigenvalue weighted by atomic mass is 79.9. The van der Waals surface area contributed by atoms with Crippen LogP contribution in [0.4, 0.5) is 0 Å². The molecule has 0 N–H and O–H groups in total. The van der Waals surface area contributed by atoms with Gasteiger partial charge in [0.15, 0.2) is 0 Å². The number of hydrogen-bond acceptors (Lipinski definition) is 1. The number of nitrogens with zero attached hydrogens (tertiary/aromatic N) is 1. The van der Waals surface area contributed by atoms with Gasteiger partial charge >= 0.3 is 0 Å². The number of likely N-dealkylation sites (tertiary alicyclic amines) is 1. The van der Waals surface area contributed by atoms with Crippen LogP contribution in [-0.4, -0.2) is 28.7 Å². The Bertz CT molecular complexity index is 472. The fraction of sp³-hybridized carbons (Fsp3) is 0.562. The van der Waals surface area contributed by atoms with E-state index in [0.717, 1.165) is 23.9 Å². The monoisotopic (exact) mass is 323 g/mol. The number of amides is 1. The average molecular weight is 324 g/mol. The standard InChI is InChI=1S/C16H22BrNO/c1-11-4-5-14(8-13(11)3)9-16(19)18-7-6-12(2)15(18)10-17/h4-5,8,12,15H,6-7,9-10H2,1-3H3. The van der Waals surface area contributed by atoms with Crippen molar-refractivity contribution in [1.82, 2.24) is 4.90 Å². The van der Waals surface area contributed by atoms with Gasteiger partial charge in [-0.25, -0.2) is 0 Å². The Hall–Kier alpha value is -0.830. The number of alkyl halides is 1. The molecular weight excluding hydrogens is 302 g/mol. The van der Waals surface area contributed by atoms with E-state index < -0.39 is 0 Å². The molecule has 0 saturated carbocycles. The molecule has 1 fully saturated rings. The molecule has 19 heavy (non-hydrogen) atoms. The number of halogens is 1. The fourth-order valence-electron chi connectivity index (χ4n) is 2.74. The summed E-state index contributed by atoms with van der Waals surface area (Å²) in [7, 11) is 0. The number of carbonyl (C=O) groups is 1. The van der Waals surface area contributed by atoms with Gasteiger partial charge in [0, 0.05) is 17.9 Å². The molecule has 2 atom stereocenters. The van der Waals surface area contributed by atoms with Crippen molar-refractivity contribution in [3.05, 3.63) is 34.9 Å². The van der Waals surface area contributed by atoms with Crippen molar-refractivity contribution in [3.63, 3.8) is 0 Å². The predicted octanol–water partition coefficient (Wildman–Crippen LogP) is 3.48. The van der Waals surface area contributed by atoms with Crippen LogP contribution in [0, 0.1) is 19.8 Å².